The average Bonchev–Trinajstić information content (AvgIpc) is 3.37. The van der Waals surface area contributed by atoms with Gasteiger partial charge in [0, 0.05) is 0 Å². The molecule has 10 nitrogen and oxygen atoms in total. The Balaban J connectivity index is 1.48. The van der Waals surface area contributed by atoms with E-state index < -0.39 is 26.6 Å². The maximum atomic E-state index is 15.2. The van der Waals surface area contributed by atoms with Gasteiger partial charge in [0.2, 0.25) is 0 Å². The van der Waals surface area contributed by atoms with Gasteiger partial charge in [-0.3, -0.25) is 0 Å². The monoisotopic (exact) mass is 700 g/mol. The van der Waals surface area contributed by atoms with Gasteiger partial charge in [-0.05, 0) is 19.1 Å². The fourth-order valence-electron chi connectivity index (χ4n) is 4.74. The van der Waals surface area contributed by atoms with E-state index in [0.717, 1.165) is 28.0 Å². The summed E-state index contributed by atoms with van der Waals surface area (Å²) in [6.07, 6.45) is 3.73. The molecule has 0 aliphatic heterocycles. The topological polar surface area (TPSA) is 133 Å². The molecule has 3 heterocycles. The molecule has 0 radical (unpaired) electrons. The van der Waals surface area contributed by atoms with Crippen LogP contribution in [0.1, 0.15) is 32.8 Å². The zero-order chi connectivity index (χ0) is 32.5. The van der Waals surface area contributed by atoms with Crippen molar-refractivity contribution >= 4 is 52.0 Å². The molecule has 3 aromatic heterocycles. The van der Waals surface area contributed by atoms with Gasteiger partial charge in [0.05, 0.1) is 0 Å². The summed E-state index contributed by atoms with van der Waals surface area (Å²) in [7, 11) is -4.13. The zero-order valence-corrected chi connectivity index (χ0v) is 27.4. The first-order valence-electron chi connectivity index (χ1n) is 13.9. The first kappa shape index (κ1) is 32.1. The molecule has 0 amide bonds. The zero-order valence-electron chi connectivity index (χ0n) is 24.9. The second-order valence-electron chi connectivity index (χ2n) is 11.5. The molecule has 0 saturated heterocycles. The van der Waals surface area contributed by atoms with E-state index in [1.807, 2.05) is 27.7 Å². The van der Waals surface area contributed by atoms with Crippen molar-refractivity contribution in [2.75, 3.05) is 5.32 Å². The second-order valence-corrected chi connectivity index (χ2v) is 15.7. The first-order valence-corrected chi connectivity index (χ1v) is 17.4. The fraction of sp³-hybridized carbons (Fsp3) is 0.258. The number of aromatic nitrogens is 4. The van der Waals surface area contributed by atoms with Gasteiger partial charge in [0.15, 0.2) is 0 Å². The normalized spacial score (nSPS) is 12.8. The molecule has 5 aromatic rings. The van der Waals surface area contributed by atoms with Gasteiger partial charge in [-0.15, -0.1) is 0 Å². The maximum absolute atomic E-state index is 15.2. The molecule has 1 unspecified atom stereocenters. The van der Waals surface area contributed by atoms with Crippen LogP contribution in [0.5, 0.6) is 0 Å². The van der Waals surface area contributed by atoms with Crippen LogP contribution in [0, 0.1) is 34.1 Å². The van der Waals surface area contributed by atoms with Crippen LogP contribution in [-0.4, -0.2) is 53.3 Å². The molecule has 5 rings (SSSR count). The van der Waals surface area contributed by atoms with Crippen LogP contribution < -0.4 is 9.78 Å². The first-order chi connectivity index (χ1) is 21.3. The van der Waals surface area contributed by atoms with Crippen LogP contribution in [0.4, 0.5) is 20.3 Å². The second kappa shape index (κ2) is 12.6. The number of fused-ring (bicyclic) bond motifs is 1. The van der Waals surface area contributed by atoms with E-state index >= 15 is 4.39 Å². The summed E-state index contributed by atoms with van der Waals surface area (Å²) >= 11 is -0.202. The number of hydrogen-bond acceptors (Lipinski definition) is 8. The molecular weight excluding hydrogens is 669 g/mol. The molecule has 234 valence electrons. The van der Waals surface area contributed by atoms with E-state index in [-0.39, 0.29) is 65.2 Å². The molecule has 0 aliphatic rings. The van der Waals surface area contributed by atoms with Gasteiger partial charge in [-0.1, -0.05) is 17.7 Å². The predicted octanol–water partition coefficient (Wildman–Crippen LogP) is 5.89. The Morgan fingerprint density at radius 1 is 1.07 bits per heavy atom. The summed E-state index contributed by atoms with van der Waals surface area (Å²) in [5.74, 6) is -1.55. The third-order valence-corrected chi connectivity index (χ3v) is 11.2. The van der Waals surface area contributed by atoms with Crippen LogP contribution in [0.15, 0.2) is 78.1 Å². The van der Waals surface area contributed by atoms with Crippen molar-refractivity contribution in [1.82, 2.24) is 18.9 Å². The smallest absolute Gasteiger partial charge is 0.0413 e. The Labute approximate surface area is 265 Å². The van der Waals surface area contributed by atoms with Crippen molar-refractivity contribution in [2.45, 2.75) is 50.4 Å². The largest absolute Gasteiger partial charge is 0.0580 e. The van der Waals surface area contributed by atoms with Crippen molar-refractivity contribution in [3.63, 3.8) is 0 Å². The number of rotatable bonds is 10. The van der Waals surface area contributed by atoms with E-state index in [9.17, 15) is 22.9 Å². The van der Waals surface area contributed by atoms with Gasteiger partial charge < -0.3 is 0 Å². The molecule has 1 atom stereocenters. The summed E-state index contributed by atoms with van der Waals surface area (Å²) in [6, 6.07) is 13.8. The van der Waals surface area contributed by atoms with Gasteiger partial charge in [0.25, 0.3) is 0 Å². The Morgan fingerprint density at radius 3 is 2.47 bits per heavy atom. The minimum atomic E-state index is -4.13. The summed E-state index contributed by atoms with van der Waals surface area (Å²) in [4.78, 5) is 23.7. The number of halogens is 2. The van der Waals surface area contributed by atoms with Crippen molar-refractivity contribution in [1.29, 1.82) is 0 Å². The summed E-state index contributed by atoms with van der Waals surface area (Å²) in [5, 5.41) is 15.4. The van der Waals surface area contributed by atoms with E-state index in [1.165, 1.54) is 24.4 Å². The van der Waals surface area contributed by atoms with Crippen LogP contribution in [0.2, 0.25) is 5.32 Å². The number of nitro groups is 1. The van der Waals surface area contributed by atoms with E-state index in [4.69, 9.17) is 0 Å². The van der Waals surface area contributed by atoms with E-state index in [1.54, 1.807) is 30.3 Å². The van der Waals surface area contributed by atoms with Gasteiger partial charge in [-0.25, -0.2) is 0 Å². The molecule has 1 N–H and O–H groups in total. The molecule has 0 bridgehead atoms. The number of hydrogen-bond donors (Lipinski definition) is 1. The average molecular weight is 700 g/mol. The molecule has 14 heteroatoms. The standard InChI is InChI=1S/C31H30F2N6O4SSe/c1-19-9-11-21(12-10-19)44(42,43)38-18-23(22-15-20(32)16-35-30(22)38)28-34-17-24(33)29(37-28)36-27(31(2,3)4)13-14-45-26-8-6-5-7-25(26)39(40)41/h5-12,15-18,27H,13-14H2,1-4H3,(H,34,36,37). The number of nitrogens with one attached hydrogen (secondary N) is 1. The number of anilines is 1. The van der Waals surface area contributed by atoms with Crippen LogP contribution in [-0.2, 0) is 10.0 Å². The van der Waals surface area contributed by atoms with Crippen molar-refractivity contribution in [3.05, 3.63) is 101 Å². The summed E-state index contributed by atoms with van der Waals surface area (Å²) < 4.78 is 58.4. The summed E-state index contributed by atoms with van der Waals surface area (Å²) in [6.45, 7) is 7.80. The van der Waals surface area contributed by atoms with Crippen LogP contribution in [0.3, 0.4) is 0 Å². The number of para-hydroxylation sites is 1. The number of pyridine rings is 1. The van der Waals surface area contributed by atoms with Crippen LogP contribution in [0.25, 0.3) is 22.4 Å². The number of aryl methyl sites for hydroxylation is 1. The van der Waals surface area contributed by atoms with Gasteiger partial charge in [-0.2, -0.15) is 0 Å². The SMILES string of the molecule is Cc1ccc(S(=O)(=O)n2cc(-c3ncc(F)c(NC(CC[Se]c4ccccc4[N+](=O)[O-])C(C)(C)C)n3)c3cc(F)cnc32)cc1. The molecule has 0 aliphatic carbocycles. The molecule has 0 saturated carbocycles. The van der Waals surface area contributed by atoms with Crippen LogP contribution >= 0.6 is 0 Å². The molecule has 45 heavy (non-hydrogen) atoms. The minimum absolute atomic E-state index is 0.0144. The third kappa shape index (κ3) is 6.87. The number of nitro benzene ring substituents is 1. The minimum Gasteiger partial charge on any atom is -0.0580 e. The Hall–Kier alpha value is -4.26. The predicted molar refractivity (Wildman–Crippen MR) is 169 cm³/mol. The Kier molecular flexibility index (Phi) is 9.02. The maximum Gasteiger partial charge on any atom is -0.0413 e. The molecule has 0 fully saturated rings. The van der Waals surface area contributed by atoms with Gasteiger partial charge >= 0.3 is 229 Å². The van der Waals surface area contributed by atoms with E-state index in [2.05, 4.69) is 20.3 Å². The fourth-order valence-corrected chi connectivity index (χ4v) is 8.24. The third-order valence-electron chi connectivity index (χ3n) is 7.22. The molecule has 0 spiro atoms. The van der Waals surface area contributed by atoms with E-state index in [0.29, 0.717) is 16.2 Å². The Bertz CT molecular complexity index is 2000. The van der Waals surface area contributed by atoms with Gasteiger partial charge in [0.1, 0.15) is 0 Å². The summed E-state index contributed by atoms with van der Waals surface area (Å²) in [5.41, 5.74) is 0.727. The van der Waals surface area contributed by atoms with Crippen molar-refractivity contribution in [2.24, 2.45) is 5.41 Å². The van der Waals surface area contributed by atoms with Crippen molar-refractivity contribution in [3.8, 4) is 11.4 Å². The van der Waals surface area contributed by atoms with Crippen molar-refractivity contribution < 1.29 is 22.1 Å². The quantitative estimate of drug-likeness (QED) is 0.108. The molecular formula is C31H30F2N6O4SSe. The Morgan fingerprint density at radius 2 is 1.78 bits per heavy atom. The number of nitrogens with zero attached hydrogens (tertiary/aromatic N) is 5. The number of benzene rings is 2. The molecule has 2 aromatic carbocycles.